The number of amides is 1. The molecule has 1 amide bonds. The highest BCUT2D eigenvalue weighted by Crippen LogP contribution is 2.43. The highest BCUT2D eigenvalue weighted by Gasteiger charge is 2.36. The third kappa shape index (κ3) is 4.01. The second-order valence-corrected chi connectivity index (χ2v) is 7.90. The van der Waals surface area contributed by atoms with Gasteiger partial charge >= 0.3 is 0 Å². The molecule has 134 valence electrons. The number of fused-ring (bicyclic) bond motifs is 2. The van der Waals surface area contributed by atoms with Gasteiger partial charge in [0.2, 0.25) is 0 Å². The number of carbonyl (C=O) groups excluding carboxylic acids is 1. The lowest BCUT2D eigenvalue weighted by Crippen LogP contribution is -2.51. The number of hydrogen-bond acceptors (Lipinski definition) is 3. The molecule has 1 aliphatic heterocycles. The Labute approximate surface area is 154 Å². The van der Waals surface area contributed by atoms with Crippen molar-refractivity contribution in [2.45, 2.75) is 12.8 Å². The van der Waals surface area contributed by atoms with Crippen LogP contribution in [0.15, 0.2) is 36.4 Å². The van der Waals surface area contributed by atoms with Crippen molar-refractivity contribution in [2.24, 2.45) is 17.8 Å². The summed E-state index contributed by atoms with van der Waals surface area (Å²) >= 11 is 5.85. The number of benzene rings is 1. The van der Waals surface area contributed by atoms with Gasteiger partial charge in [0.1, 0.15) is 5.75 Å². The number of carbonyl (C=O) groups is 1. The molecule has 2 bridgehead atoms. The maximum absolute atomic E-state index is 12.3. The molecular formula is C20H25ClN2O2. The molecule has 0 radical (unpaired) electrons. The number of halogens is 1. The largest absolute Gasteiger partial charge is 0.484 e. The van der Waals surface area contributed by atoms with Crippen LogP contribution in [0.1, 0.15) is 12.8 Å². The van der Waals surface area contributed by atoms with E-state index in [1.807, 2.05) is 4.90 Å². The third-order valence-corrected chi connectivity index (χ3v) is 6.06. The van der Waals surface area contributed by atoms with Crippen molar-refractivity contribution in [1.29, 1.82) is 0 Å². The van der Waals surface area contributed by atoms with Gasteiger partial charge in [0.25, 0.3) is 5.91 Å². The second-order valence-electron chi connectivity index (χ2n) is 7.46. The zero-order chi connectivity index (χ0) is 17.2. The normalized spacial score (nSPS) is 28.5. The zero-order valence-electron chi connectivity index (χ0n) is 14.4. The first-order chi connectivity index (χ1) is 12.2. The van der Waals surface area contributed by atoms with Gasteiger partial charge in [0.15, 0.2) is 6.61 Å². The van der Waals surface area contributed by atoms with Crippen LogP contribution in [0.5, 0.6) is 5.75 Å². The lowest BCUT2D eigenvalue weighted by Gasteiger charge is -2.36. The molecule has 1 heterocycles. The van der Waals surface area contributed by atoms with E-state index in [-0.39, 0.29) is 12.5 Å². The standard InChI is InChI=1S/C20H25ClN2O2/c21-18-3-5-19(6-4-18)25-14-20(24)23-9-7-22(8-10-23)13-17-12-15-1-2-16(17)11-15/h1-6,15-17H,7-14H2/t15-,16+,17+/m1/s1. The Bertz CT molecular complexity index is 638. The van der Waals surface area contributed by atoms with E-state index in [9.17, 15) is 4.79 Å². The molecule has 5 heteroatoms. The Balaban J connectivity index is 1.19. The van der Waals surface area contributed by atoms with Crippen molar-refractivity contribution in [3.8, 4) is 5.75 Å². The number of allylic oxidation sites excluding steroid dienone is 2. The van der Waals surface area contributed by atoms with Crippen molar-refractivity contribution in [2.75, 3.05) is 39.3 Å². The van der Waals surface area contributed by atoms with Crippen LogP contribution in [-0.4, -0.2) is 55.0 Å². The minimum absolute atomic E-state index is 0.0671. The van der Waals surface area contributed by atoms with E-state index in [1.54, 1.807) is 24.3 Å². The number of hydrogen-bond donors (Lipinski definition) is 0. The Kier molecular flexibility index (Phi) is 5.00. The molecule has 0 spiro atoms. The Hall–Kier alpha value is -1.52. The average molecular weight is 361 g/mol. The smallest absolute Gasteiger partial charge is 0.260 e. The number of ether oxygens (including phenoxy) is 1. The molecule has 1 saturated carbocycles. The maximum Gasteiger partial charge on any atom is 0.260 e. The quantitative estimate of drug-likeness (QED) is 0.756. The molecule has 1 saturated heterocycles. The molecule has 0 N–H and O–H groups in total. The van der Waals surface area contributed by atoms with Crippen LogP contribution in [0.25, 0.3) is 0 Å². The molecule has 0 aromatic heterocycles. The summed E-state index contributed by atoms with van der Waals surface area (Å²) in [5.41, 5.74) is 0. The summed E-state index contributed by atoms with van der Waals surface area (Å²) in [5, 5.41) is 0.667. The SMILES string of the molecule is O=C(COc1ccc(Cl)cc1)N1CCN(C[C@@H]2C[C@@H]3C=C[C@H]2C3)CC1. The van der Waals surface area contributed by atoms with Crippen molar-refractivity contribution in [1.82, 2.24) is 9.80 Å². The summed E-state index contributed by atoms with van der Waals surface area (Å²) in [7, 11) is 0. The number of nitrogens with zero attached hydrogens (tertiary/aromatic N) is 2. The average Bonchev–Trinajstić information content (AvgIpc) is 3.25. The van der Waals surface area contributed by atoms with Gasteiger partial charge in [-0.2, -0.15) is 0 Å². The van der Waals surface area contributed by atoms with E-state index >= 15 is 0 Å². The topological polar surface area (TPSA) is 32.8 Å². The minimum atomic E-state index is 0.0671. The summed E-state index contributed by atoms with van der Waals surface area (Å²) in [4.78, 5) is 16.8. The van der Waals surface area contributed by atoms with Crippen LogP contribution in [0, 0.1) is 17.8 Å². The van der Waals surface area contributed by atoms with Crippen LogP contribution in [0.3, 0.4) is 0 Å². The van der Waals surface area contributed by atoms with Gasteiger partial charge in [-0.3, -0.25) is 9.69 Å². The first-order valence-corrected chi connectivity index (χ1v) is 9.62. The van der Waals surface area contributed by atoms with E-state index in [2.05, 4.69) is 17.1 Å². The molecule has 4 rings (SSSR count). The maximum atomic E-state index is 12.3. The van der Waals surface area contributed by atoms with Gasteiger partial charge in [-0.1, -0.05) is 23.8 Å². The monoisotopic (exact) mass is 360 g/mol. The van der Waals surface area contributed by atoms with Crippen LogP contribution in [0.4, 0.5) is 0 Å². The van der Waals surface area contributed by atoms with Crippen molar-refractivity contribution >= 4 is 17.5 Å². The fraction of sp³-hybridized carbons (Fsp3) is 0.550. The van der Waals surface area contributed by atoms with Gasteiger partial charge < -0.3 is 9.64 Å². The van der Waals surface area contributed by atoms with Crippen molar-refractivity contribution < 1.29 is 9.53 Å². The zero-order valence-corrected chi connectivity index (χ0v) is 15.2. The van der Waals surface area contributed by atoms with Gasteiger partial charge in [0, 0.05) is 37.7 Å². The fourth-order valence-corrected chi connectivity index (χ4v) is 4.51. The minimum Gasteiger partial charge on any atom is -0.484 e. The van der Waals surface area contributed by atoms with Gasteiger partial charge in [0.05, 0.1) is 0 Å². The third-order valence-electron chi connectivity index (χ3n) is 5.81. The summed E-state index contributed by atoms with van der Waals surface area (Å²) in [5.74, 6) is 3.21. The molecular weight excluding hydrogens is 336 g/mol. The van der Waals surface area contributed by atoms with Crippen molar-refractivity contribution in [3.05, 3.63) is 41.4 Å². The van der Waals surface area contributed by atoms with E-state index in [1.165, 1.54) is 19.4 Å². The fourth-order valence-electron chi connectivity index (χ4n) is 4.38. The first kappa shape index (κ1) is 16.9. The van der Waals surface area contributed by atoms with Gasteiger partial charge in [-0.25, -0.2) is 0 Å². The molecule has 1 aromatic carbocycles. The molecule has 2 fully saturated rings. The summed E-state index contributed by atoms with van der Waals surface area (Å²) in [6, 6.07) is 7.12. The van der Waals surface area contributed by atoms with Crippen LogP contribution >= 0.6 is 11.6 Å². The van der Waals surface area contributed by atoms with Crippen LogP contribution < -0.4 is 4.74 Å². The molecule has 0 unspecified atom stereocenters. The van der Waals surface area contributed by atoms with Gasteiger partial charge in [-0.15, -0.1) is 0 Å². The van der Waals surface area contributed by atoms with Gasteiger partial charge in [-0.05, 0) is 54.9 Å². The Morgan fingerprint density at radius 3 is 2.48 bits per heavy atom. The Morgan fingerprint density at radius 2 is 1.84 bits per heavy atom. The molecule has 4 nitrogen and oxygen atoms in total. The summed E-state index contributed by atoms with van der Waals surface area (Å²) in [6.45, 7) is 4.85. The molecule has 25 heavy (non-hydrogen) atoms. The van der Waals surface area contributed by atoms with Crippen LogP contribution in [-0.2, 0) is 4.79 Å². The molecule has 3 atom stereocenters. The van der Waals surface area contributed by atoms with E-state index < -0.39 is 0 Å². The predicted molar refractivity (Wildman–Crippen MR) is 98.8 cm³/mol. The van der Waals surface area contributed by atoms with E-state index in [0.29, 0.717) is 10.8 Å². The summed E-state index contributed by atoms with van der Waals surface area (Å²) < 4.78 is 5.57. The summed E-state index contributed by atoms with van der Waals surface area (Å²) in [6.07, 6.45) is 7.55. The lowest BCUT2D eigenvalue weighted by molar-refractivity contribution is -0.135. The lowest BCUT2D eigenvalue weighted by atomic mass is 9.93. The van der Waals surface area contributed by atoms with Crippen LogP contribution in [0.2, 0.25) is 5.02 Å². The first-order valence-electron chi connectivity index (χ1n) is 9.24. The second kappa shape index (κ2) is 7.38. The highest BCUT2D eigenvalue weighted by atomic mass is 35.5. The molecule has 2 aliphatic carbocycles. The number of piperazine rings is 1. The van der Waals surface area contributed by atoms with E-state index in [0.717, 1.165) is 43.9 Å². The molecule has 3 aliphatic rings. The highest BCUT2D eigenvalue weighted by molar-refractivity contribution is 6.30. The Morgan fingerprint density at radius 1 is 1.08 bits per heavy atom. The predicted octanol–water partition coefficient (Wildman–Crippen LogP) is 3.08. The number of rotatable bonds is 5. The van der Waals surface area contributed by atoms with Crippen molar-refractivity contribution in [3.63, 3.8) is 0 Å². The van der Waals surface area contributed by atoms with E-state index in [4.69, 9.17) is 16.3 Å². The molecule has 1 aromatic rings.